The first-order chi connectivity index (χ1) is 32.6. The Labute approximate surface area is 429 Å². The summed E-state index contributed by atoms with van der Waals surface area (Å²) >= 11 is 17.1. The quantitative estimate of drug-likeness (QED) is 0.0286. The van der Waals surface area contributed by atoms with Gasteiger partial charge >= 0.3 is 18.1 Å². The number of hydrogen-bond acceptors (Lipinski definition) is 12. The molecule has 1 rings (SSSR count). The topological polar surface area (TPSA) is 207 Å². The highest BCUT2D eigenvalue weighted by molar-refractivity contribution is 6.67. The van der Waals surface area contributed by atoms with E-state index in [4.69, 9.17) is 53.8 Å². The van der Waals surface area contributed by atoms with Crippen LogP contribution >= 0.6 is 34.8 Å². The molecule has 70 heavy (non-hydrogen) atoms. The first kappa shape index (κ1) is 63.1. The molecule has 20 heteroatoms. The third-order valence-corrected chi connectivity index (χ3v) is 12.8. The Morgan fingerprint density at radius 3 is 1.84 bits per heavy atom. The number of carbonyl (C=O) groups excluding carboxylic acids is 8. The zero-order valence-corrected chi connectivity index (χ0v) is 45.3. The second-order valence-corrected chi connectivity index (χ2v) is 20.6. The van der Waals surface area contributed by atoms with Gasteiger partial charge in [0.2, 0.25) is 27.4 Å². The molecule has 0 spiro atoms. The molecular weight excluding hydrogens is 969 g/mol. The van der Waals surface area contributed by atoms with Crippen molar-refractivity contribution in [1.82, 2.24) is 25.3 Å². The number of carbonyl (C=O) groups is 8. The summed E-state index contributed by atoms with van der Waals surface area (Å²) in [6, 6.07) is 4.36. The normalized spacial score (nSPS) is 16.1. The third kappa shape index (κ3) is 20.1. The summed E-state index contributed by atoms with van der Waals surface area (Å²) in [5.74, 6) is -6.32. The van der Waals surface area contributed by atoms with E-state index in [1.165, 1.54) is 57.8 Å². The number of benzene rings is 1. The van der Waals surface area contributed by atoms with Crippen molar-refractivity contribution in [2.75, 3.05) is 34.3 Å². The summed E-state index contributed by atoms with van der Waals surface area (Å²) < 4.78 is 20.1. The summed E-state index contributed by atoms with van der Waals surface area (Å²) in [6.45, 7) is 23.3. The van der Waals surface area contributed by atoms with Crippen molar-refractivity contribution >= 4 is 82.4 Å². The number of nitrogens with one attached hydrogen (secondary N) is 2. The van der Waals surface area contributed by atoms with Crippen molar-refractivity contribution in [3.05, 3.63) is 60.7 Å². The van der Waals surface area contributed by atoms with Gasteiger partial charge in [-0.05, 0) is 44.6 Å². The van der Waals surface area contributed by atoms with E-state index in [0.29, 0.717) is 24.8 Å². The summed E-state index contributed by atoms with van der Waals surface area (Å²) in [6.07, 6.45) is -0.647. The summed E-state index contributed by atoms with van der Waals surface area (Å²) in [5.41, 5.74) is 0.820. The summed E-state index contributed by atoms with van der Waals surface area (Å²) in [5, 5.41) is 5.40. The van der Waals surface area contributed by atoms with Gasteiger partial charge in [-0.2, -0.15) is 0 Å². The van der Waals surface area contributed by atoms with Gasteiger partial charge in [-0.25, -0.2) is 14.4 Å². The molecule has 0 aliphatic rings. The average Bonchev–Trinajstić information content (AvgIpc) is 3.32. The fourth-order valence-corrected chi connectivity index (χ4v) is 7.33. The van der Waals surface area contributed by atoms with Crippen molar-refractivity contribution in [2.45, 2.75) is 148 Å². The van der Waals surface area contributed by atoms with Gasteiger partial charge in [-0.3, -0.25) is 24.0 Å². The van der Waals surface area contributed by atoms with Crippen LogP contribution in [0.15, 0.2) is 55.1 Å². The highest BCUT2D eigenvalue weighted by atomic mass is 35.6. The molecule has 0 aromatic heterocycles. The molecule has 1 aromatic carbocycles. The van der Waals surface area contributed by atoms with Crippen molar-refractivity contribution in [1.29, 1.82) is 0 Å². The number of halogens is 3. The van der Waals surface area contributed by atoms with Crippen LogP contribution in [0.5, 0.6) is 0 Å². The number of esters is 2. The van der Waals surface area contributed by atoms with Crippen LogP contribution in [0.1, 0.15) is 100 Å². The maximum absolute atomic E-state index is 14.3. The van der Waals surface area contributed by atoms with Gasteiger partial charge in [0.05, 0.1) is 6.54 Å². The minimum absolute atomic E-state index is 0.0520. The van der Waals surface area contributed by atoms with Crippen LogP contribution in [-0.4, -0.2) is 143 Å². The van der Waals surface area contributed by atoms with Crippen LogP contribution in [0, 0.1) is 23.7 Å². The zero-order valence-electron chi connectivity index (χ0n) is 43.1. The first-order valence-electron chi connectivity index (χ1n) is 23.6. The largest absolute Gasteiger partial charge is 0.508 e. The SMILES string of the molecule is C=CC[C@H](OC(=O)OCC(Cl)(Cl)Cl)[C@H](C)[C@@H](OC(=O)[C@H](C)N(C)C(=O)[C@@H](NC(=O)CN(C)C(=O)[C@@H](Cc1ccccc1)N(C)C(=O)[C@H](C)NC(=O)[C@H](OC(=O)C(=C)C)[C@@H](C)CC)[C@H](C)CC)[C@@H](C)CC. The molecule has 0 aliphatic carbocycles. The molecular formula is C50H76Cl3N5O12. The Balaban J connectivity index is 3.32. The van der Waals surface area contributed by atoms with E-state index in [1.54, 1.807) is 51.1 Å². The molecule has 1 aromatic rings. The lowest BCUT2D eigenvalue weighted by atomic mass is 9.86. The van der Waals surface area contributed by atoms with Crippen LogP contribution < -0.4 is 10.6 Å². The van der Waals surface area contributed by atoms with Gasteiger partial charge in [0.1, 0.15) is 43.0 Å². The van der Waals surface area contributed by atoms with Gasteiger partial charge in [-0.1, -0.05) is 139 Å². The second-order valence-electron chi connectivity index (χ2n) is 18.1. The molecule has 0 heterocycles. The monoisotopic (exact) mass is 1040 g/mol. The van der Waals surface area contributed by atoms with E-state index in [2.05, 4.69) is 23.8 Å². The number of amides is 5. The van der Waals surface area contributed by atoms with E-state index in [9.17, 15) is 38.4 Å². The lowest BCUT2D eigenvalue weighted by molar-refractivity contribution is -0.166. The molecule has 394 valence electrons. The maximum atomic E-state index is 14.3. The standard InChI is InChI=1S/C50H76Cl3N5O12/c1-16-23-38(68-49(66)67-28-50(51,52)53)33(10)41(31(8)18-3)69-48(65)35(12)57(14)46(63)40(30(7)17-2)55-39(59)27-56(13)45(62)37(26-36-24-21-20-22-25-36)58(15)44(61)34(11)54-43(60)42(32(9)19-4)70-47(64)29(5)6/h16,20-22,24-25,30-35,37-38,40-42H,1,5,17-19,23,26-28H2,2-4,6-15H3,(H,54,60)(H,55,59)/t30-,31+,32+,33+,34+,35+,37-,38+,40+,41+,42-/m1/s1. The van der Waals surface area contributed by atoms with Gasteiger partial charge in [0, 0.05) is 51.4 Å². The number of ether oxygens (including phenoxy) is 4. The van der Waals surface area contributed by atoms with Gasteiger partial charge in [0.15, 0.2) is 6.10 Å². The van der Waals surface area contributed by atoms with E-state index < -0.39 is 119 Å². The molecule has 0 aliphatic heterocycles. The fraction of sp³-hybridized carbons (Fsp3) is 0.640. The van der Waals surface area contributed by atoms with Gasteiger partial charge < -0.3 is 44.3 Å². The third-order valence-electron chi connectivity index (χ3n) is 12.5. The van der Waals surface area contributed by atoms with Crippen LogP contribution in [-0.2, 0) is 58.9 Å². The minimum atomic E-state index is -1.86. The number of hydrogen-bond donors (Lipinski definition) is 2. The van der Waals surface area contributed by atoms with Crippen molar-refractivity contribution in [2.24, 2.45) is 23.7 Å². The second kappa shape index (κ2) is 30.1. The smallest absolute Gasteiger partial charge is 0.460 e. The molecule has 0 bridgehead atoms. The molecule has 5 amide bonds. The summed E-state index contributed by atoms with van der Waals surface area (Å²) in [7, 11) is 4.23. The first-order valence-corrected chi connectivity index (χ1v) is 24.7. The molecule has 17 nitrogen and oxygen atoms in total. The molecule has 0 fully saturated rings. The molecule has 0 radical (unpaired) electrons. The van der Waals surface area contributed by atoms with Gasteiger partial charge in [-0.15, -0.1) is 6.58 Å². The zero-order chi connectivity index (χ0) is 53.8. The predicted octanol–water partition coefficient (Wildman–Crippen LogP) is 6.99. The van der Waals surface area contributed by atoms with E-state index in [-0.39, 0.29) is 30.3 Å². The maximum Gasteiger partial charge on any atom is 0.508 e. The Morgan fingerprint density at radius 1 is 0.757 bits per heavy atom. The van der Waals surface area contributed by atoms with Crippen molar-refractivity contribution in [3.8, 4) is 0 Å². The van der Waals surface area contributed by atoms with Crippen LogP contribution in [0.4, 0.5) is 4.79 Å². The minimum Gasteiger partial charge on any atom is -0.460 e. The van der Waals surface area contributed by atoms with E-state index in [0.717, 1.165) is 4.90 Å². The molecule has 11 atom stereocenters. The number of likely N-dealkylation sites (N-methyl/N-ethyl adjacent to an activating group) is 3. The lowest BCUT2D eigenvalue weighted by Gasteiger charge is -2.36. The number of alkyl halides is 3. The highest BCUT2D eigenvalue weighted by Crippen LogP contribution is 2.29. The average molecular weight is 1050 g/mol. The predicted molar refractivity (Wildman–Crippen MR) is 270 cm³/mol. The number of rotatable bonds is 28. The molecule has 0 saturated carbocycles. The van der Waals surface area contributed by atoms with Crippen LogP contribution in [0.2, 0.25) is 0 Å². The molecule has 0 saturated heterocycles. The van der Waals surface area contributed by atoms with Crippen molar-refractivity contribution in [3.63, 3.8) is 0 Å². The fourth-order valence-electron chi connectivity index (χ4n) is 7.17. The molecule has 2 N–H and O–H groups in total. The van der Waals surface area contributed by atoms with E-state index >= 15 is 0 Å². The highest BCUT2D eigenvalue weighted by Gasteiger charge is 2.40. The van der Waals surface area contributed by atoms with E-state index in [1.807, 2.05) is 27.7 Å². The van der Waals surface area contributed by atoms with Crippen LogP contribution in [0.3, 0.4) is 0 Å². The Bertz CT molecular complexity index is 1950. The van der Waals surface area contributed by atoms with Crippen molar-refractivity contribution < 1.29 is 57.3 Å². The Hall–Kier alpha value is -4.87. The Morgan fingerprint density at radius 2 is 1.33 bits per heavy atom. The summed E-state index contributed by atoms with van der Waals surface area (Å²) in [4.78, 5) is 112. The number of nitrogens with zero attached hydrogens (tertiary/aromatic N) is 3. The van der Waals surface area contributed by atoms with Gasteiger partial charge in [0.25, 0.3) is 5.91 Å². The lowest BCUT2D eigenvalue weighted by Crippen LogP contribution is -2.58. The Kier molecular flexibility index (Phi) is 27.2. The van der Waals surface area contributed by atoms with Crippen LogP contribution in [0.25, 0.3) is 0 Å². The molecule has 0 unspecified atom stereocenters.